The van der Waals surface area contributed by atoms with Crippen LogP contribution in [0.2, 0.25) is 5.02 Å². The normalized spacial score (nSPS) is 12.2. The second-order valence-corrected chi connectivity index (χ2v) is 7.48. The van der Waals surface area contributed by atoms with E-state index in [9.17, 15) is 24.3 Å². The van der Waals surface area contributed by atoms with Crippen LogP contribution in [0.5, 0.6) is 0 Å². The number of hydrogen-bond donors (Lipinski definition) is 3. The number of aliphatic hydroxyl groups is 1. The van der Waals surface area contributed by atoms with Gasteiger partial charge in [-0.3, -0.25) is 4.79 Å². The van der Waals surface area contributed by atoms with E-state index in [0.717, 1.165) is 11.1 Å². The van der Waals surface area contributed by atoms with E-state index in [1.807, 2.05) is 24.3 Å². The molecule has 3 N–H and O–H groups in total. The molecule has 0 bridgehead atoms. The lowest BCUT2D eigenvalue weighted by atomic mass is 9.98. The SMILES string of the molecule is CCOC(=O)OCOC(=O)[C@H](O)C[C@@H](Cc1ccc(-c2cccc(Cl)c2)cc1)NC(=O)C(=O)O. The summed E-state index contributed by atoms with van der Waals surface area (Å²) in [5, 5.41) is 21.9. The van der Waals surface area contributed by atoms with Crippen LogP contribution in [0, 0.1) is 0 Å². The molecule has 2 aromatic carbocycles. The first-order chi connectivity index (χ1) is 16.2. The van der Waals surface area contributed by atoms with Gasteiger partial charge in [-0.1, -0.05) is 48.0 Å². The Bertz CT molecular complexity index is 1010. The Morgan fingerprint density at radius 1 is 1.00 bits per heavy atom. The topological polar surface area (TPSA) is 148 Å². The van der Waals surface area contributed by atoms with E-state index >= 15 is 0 Å². The summed E-state index contributed by atoms with van der Waals surface area (Å²) < 4.78 is 13.6. The monoisotopic (exact) mass is 493 g/mol. The van der Waals surface area contributed by atoms with Crippen LogP contribution in [0.25, 0.3) is 11.1 Å². The van der Waals surface area contributed by atoms with Crippen LogP contribution in [0.3, 0.4) is 0 Å². The quantitative estimate of drug-likeness (QED) is 0.258. The largest absolute Gasteiger partial charge is 0.511 e. The highest BCUT2D eigenvalue weighted by atomic mass is 35.5. The van der Waals surface area contributed by atoms with Gasteiger partial charge in [-0.2, -0.15) is 0 Å². The van der Waals surface area contributed by atoms with Crippen molar-refractivity contribution in [3.63, 3.8) is 0 Å². The number of rotatable bonds is 10. The number of nitrogens with one attached hydrogen (secondary N) is 1. The predicted molar refractivity (Wildman–Crippen MR) is 120 cm³/mol. The molecule has 0 radical (unpaired) electrons. The molecule has 0 fully saturated rings. The number of halogens is 1. The standard InChI is InChI=1S/C23H24ClNO9/c1-2-32-23(31)34-13-33-22(30)19(26)12-18(25-20(27)21(28)29)10-14-6-8-15(9-7-14)16-4-3-5-17(24)11-16/h3-9,11,18-19,26H,2,10,12-13H2,1H3,(H,25,27)(H,28,29)/t18-,19-/m1/s1. The van der Waals surface area contributed by atoms with Crippen molar-refractivity contribution in [2.45, 2.75) is 31.9 Å². The lowest BCUT2D eigenvalue weighted by molar-refractivity contribution is -0.164. The molecular formula is C23H24ClNO9. The van der Waals surface area contributed by atoms with Gasteiger partial charge in [0.1, 0.15) is 0 Å². The van der Waals surface area contributed by atoms with Crippen LogP contribution in [0.15, 0.2) is 48.5 Å². The van der Waals surface area contributed by atoms with E-state index in [4.69, 9.17) is 16.7 Å². The number of hydrogen-bond acceptors (Lipinski definition) is 8. The first kappa shape index (κ1) is 26.6. The molecule has 34 heavy (non-hydrogen) atoms. The molecule has 0 aromatic heterocycles. The summed E-state index contributed by atoms with van der Waals surface area (Å²) in [4.78, 5) is 45.7. The van der Waals surface area contributed by atoms with Crippen molar-refractivity contribution in [3.8, 4) is 11.1 Å². The average Bonchev–Trinajstić information content (AvgIpc) is 2.79. The lowest BCUT2D eigenvalue weighted by Crippen LogP contribution is -2.43. The minimum Gasteiger partial charge on any atom is -0.474 e. The summed E-state index contributed by atoms with van der Waals surface area (Å²) in [6, 6.07) is 13.6. The van der Waals surface area contributed by atoms with E-state index < -0.39 is 42.9 Å². The van der Waals surface area contributed by atoms with Gasteiger partial charge in [0.25, 0.3) is 0 Å². The summed E-state index contributed by atoms with van der Waals surface area (Å²) in [5.74, 6) is -4.11. The van der Waals surface area contributed by atoms with E-state index in [1.165, 1.54) is 0 Å². The molecule has 0 aliphatic heterocycles. The molecule has 182 valence electrons. The van der Waals surface area contributed by atoms with Crippen molar-refractivity contribution in [1.29, 1.82) is 0 Å². The molecule has 11 heteroatoms. The Hall–Kier alpha value is -3.63. The van der Waals surface area contributed by atoms with Crippen molar-refractivity contribution >= 4 is 35.6 Å². The van der Waals surface area contributed by atoms with Crippen molar-refractivity contribution in [3.05, 3.63) is 59.1 Å². The minimum atomic E-state index is -1.71. The molecule has 0 aliphatic carbocycles. The molecule has 2 atom stereocenters. The van der Waals surface area contributed by atoms with Crippen LogP contribution < -0.4 is 5.32 Å². The maximum absolute atomic E-state index is 12.0. The highest BCUT2D eigenvalue weighted by Gasteiger charge is 2.26. The number of carboxylic acids is 1. The smallest absolute Gasteiger partial charge is 0.474 e. The average molecular weight is 494 g/mol. The zero-order valence-corrected chi connectivity index (χ0v) is 19.0. The van der Waals surface area contributed by atoms with Gasteiger partial charge in [0.15, 0.2) is 6.10 Å². The Kier molecular flexibility index (Phi) is 10.3. The molecule has 0 heterocycles. The zero-order valence-electron chi connectivity index (χ0n) is 18.2. The van der Waals surface area contributed by atoms with Crippen LogP contribution in [-0.4, -0.2) is 59.8 Å². The van der Waals surface area contributed by atoms with E-state index in [1.54, 1.807) is 31.2 Å². The summed E-state index contributed by atoms with van der Waals surface area (Å²) in [7, 11) is 0. The molecule has 0 unspecified atom stereocenters. The molecule has 1 amide bonds. The number of carbonyl (C=O) groups is 4. The number of carboxylic acid groups (broad SMARTS) is 1. The Morgan fingerprint density at radius 3 is 2.32 bits per heavy atom. The zero-order chi connectivity index (χ0) is 25.1. The van der Waals surface area contributed by atoms with E-state index in [-0.39, 0.29) is 19.4 Å². The van der Waals surface area contributed by atoms with Crippen LogP contribution >= 0.6 is 11.6 Å². The third kappa shape index (κ3) is 8.72. The van der Waals surface area contributed by atoms with Gasteiger partial charge in [-0.05, 0) is 42.2 Å². The number of ether oxygens (including phenoxy) is 3. The molecule has 0 spiro atoms. The van der Waals surface area contributed by atoms with E-state index in [0.29, 0.717) is 10.6 Å². The van der Waals surface area contributed by atoms with Crippen molar-refractivity contribution in [1.82, 2.24) is 5.32 Å². The van der Waals surface area contributed by atoms with Crippen molar-refractivity contribution in [2.24, 2.45) is 0 Å². The number of carbonyl (C=O) groups excluding carboxylic acids is 3. The van der Waals surface area contributed by atoms with Crippen LogP contribution in [-0.2, 0) is 35.0 Å². The second kappa shape index (κ2) is 13.2. The highest BCUT2D eigenvalue weighted by Crippen LogP contribution is 2.23. The molecule has 2 rings (SSSR count). The summed E-state index contributed by atoms with van der Waals surface area (Å²) in [5.41, 5.74) is 2.51. The van der Waals surface area contributed by atoms with Gasteiger partial charge in [-0.25, -0.2) is 14.4 Å². The Labute approximate surface area is 200 Å². The van der Waals surface area contributed by atoms with Gasteiger partial charge in [-0.15, -0.1) is 0 Å². The fourth-order valence-corrected chi connectivity index (χ4v) is 3.17. The third-order valence-corrected chi connectivity index (χ3v) is 4.78. The van der Waals surface area contributed by atoms with Crippen molar-refractivity contribution in [2.75, 3.05) is 13.4 Å². The number of benzene rings is 2. The maximum atomic E-state index is 12.0. The maximum Gasteiger partial charge on any atom is 0.511 e. The van der Waals surface area contributed by atoms with Gasteiger partial charge < -0.3 is 29.7 Å². The fourth-order valence-electron chi connectivity index (χ4n) is 2.98. The predicted octanol–water partition coefficient (Wildman–Crippen LogP) is 2.54. The van der Waals surface area contributed by atoms with E-state index in [2.05, 4.69) is 19.5 Å². The van der Waals surface area contributed by atoms with Gasteiger partial charge in [0.2, 0.25) is 6.79 Å². The summed E-state index contributed by atoms with van der Waals surface area (Å²) in [6.07, 6.45) is -2.97. The Balaban J connectivity index is 2.02. The highest BCUT2D eigenvalue weighted by molar-refractivity contribution is 6.31. The molecule has 10 nitrogen and oxygen atoms in total. The number of aliphatic hydroxyl groups excluding tert-OH is 1. The first-order valence-corrected chi connectivity index (χ1v) is 10.6. The minimum absolute atomic E-state index is 0.0699. The molecular weight excluding hydrogens is 470 g/mol. The summed E-state index contributed by atoms with van der Waals surface area (Å²) >= 11 is 6.02. The van der Waals surface area contributed by atoms with Crippen molar-refractivity contribution < 1.29 is 43.6 Å². The van der Waals surface area contributed by atoms with Gasteiger partial charge >= 0.3 is 24.0 Å². The lowest BCUT2D eigenvalue weighted by Gasteiger charge is -2.20. The van der Waals surface area contributed by atoms with Crippen LogP contribution in [0.1, 0.15) is 18.9 Å². The second-order valence-electron chi connectivity index (χ2n) is 7.05. The van der Waals surface area contributed by atoms with Gasteiger partial charge in [0.05, 0.1) is 6.61 Å². The molecule has 0 saturated carbocycles. The number of esters is 1. The Morgan fingerprint density at radius 2 is 1.71 bits per heavy atom. The number of amides is 1. The third-order valence-electron chi connectivity index (χ3n) is 4.54. The molecule has 2 aromatic rings. The van der Waals surface area contributed by atoms with Gasteiger partial charge in [0, 0.05) is 17.5 Å². The van der Waals surface area contributed by atoms with Crippen LogP contribution in [0.4, 0.5) is 4.79 Å². The number of aliphatic carboxylic acids is 1. The summed E-state index contributed by atoms with van der Waals surface area (Å²) in [6.45, 7) is 0.861. The molecule has 0 aliphatic rings. The first-order valence-electron chi connectivity index (χ1n) is 10.2. The fraction of sp³-hybridized carbons (Fsp3) is 0.304. The molecule has 0 saturated heterocycles.